The third kappa shape index (κ3) is 10.9. The van der Waals surface area contributed by atoms with E-state index >= 15 is 4.79 Å². The van der Waals surface area contributed by atoms with Crippen LogP contribution in [0.15, 0.2) is 54.6 Å². The number of carbonyl (C=O) groups is 5. The molecule has 4 aliphatic heterocycles. The molecule has 19 heteroatoms. The van der Waals surface area contributed by atoms with Gasteiger partial charge in [-0.25, -0.2) is 0 Å². The molecule has 1 spiro atoms. The number of nitrogens with zero attached hydrogens (tertiary/aromatic N) is 8. The molecule has 0 aliphatic carbocycles. The fourth-order valence-electron chi connectivity index (χ4n) is 11.0. The summed E-state index contributed by atoms with van der Waals surface area (Å²) in [6.07, 6.45) is 7.32. The fourth-order valence-corrected chi connectivity index (χ4v) is 19.5. The number of methoxy groups -OCH3 is 1. The van der Waals surface area contributed by atoms with Crippen LogP contribution in [0, 0.1) is 17.3 Å². The monoisotopic (exact) mass is 1210 g/mol. The molecule has 0 radical (unpaired) electrons. The zero-order valence-corrected chi connectivity index (χ0v) is 49.6. The van der Waals surface area contributed by atoms with Gasteiger partial charge in [-0.3, -0.25) is 9.78 Å². The number of aryl methyl sites for hydroxylation is 1. The predicted molar refractivity (Wildman–Crippen MR) is 284 cm³/mol. The first-order valence-electron chi connectivity index (χ1n) is 25.4. The number of hydrazine groups is 1. The van der Waals surface area contributed by atoms with E-state index in [-0.39, 0.29) is 46.0 Å². The number of nitrogens with one attached hydrogen (secondary N) is 1. The Hall–Kier alpha value is -4.38. The molecular weight excluding hydrogens is 1140 g/mol. The maximum atomic E-state index is 15.2. The van der Waals surface area contributed by atoms with Crippen molar-refractivity contribution in [2.45, 2.75) is 118 Å². The van der Waals surface area contributed by atoms with E-state index in [0.29, 0.717) is 64.3 Å². The SMILES string of the molecule is C=CC(=O)N(C)CCC1CCN(C(=O)N(C)[C@H](C(=O)N[CH]2[Tl][C@]23Cc2nc(cs2)-c2ccc4c(c2)c(c(-c2cccnc2[C@H](C)OC)n4CC)CC(C)(C)COC(=O)[C@@H]2CCCN(C3=O)N2S)C(C)C)CC1. The zero-order chi connectivity index (χ0) is 51.8. The Bertz CT molecular complexity index is 2700. The Labute approximate surface area is 445 Å². The van der Waals surface area contributed by atoms with Crippen LogP contribution in [0.25, 0.3) is 33.4 Å². The number of piperidine rings is 1. The van der Waals surface area contributed by atoms with Crippen molar-refractivity contribution < 1.29 is 33.4 Å². The van der Waals surface area contributed by atoms with Crippen molar-refractivity contribution in [2.24, 2.45) is 17.3 Å². The van der Waals surface area contributed by atoms with Crippen LogP contribution in [0.5, 0.6) is 0 Å². The summed E-state index contributed by atoms with van der Waals surface area (Å²) in [6, 6.07) is 8.80. The third-order valence-electron chi connectivity index (χ3n) is 15.3. The summed E-state index contributed by atoms with van der Waals surface area (Å²) in [7, 11) is 5.16. The number of ether oxygens (including phenoxy) is 2. The van der Waals surface area contributed by atoms with Crippen molar-refractivity contribution in [2.75, 3.05) is 54.0 Å². The molecule has 3 saturated heterocycles. The third-order valence-corrected chi connectivity index (χ3v) is 24.7. The molecule has 3 aromatic heterocycles. The number of cyclic esters (lactones) is 1. The van der Waals surface area contributed by atoms with Crippen LogP contribution in [-0.4, -0.2) is 162 Å². The number of urea groups is 1. The van der Waals surface area contributed by atoms with Crippen molar-refractivity contribution in [3.8, 4) is 22.5 Å². The first kappa shape index (κ1) is 53.9. The van der Waals surface area contributed by atoms with Gasteiger partial charge in [-0.05, 0) is 19.1 Å². The van der Waals surface area contributed by atoms with Gasteiger partial charge < -0.3 is 9.64 Å². The van der Waals surface area contributed by atoms with E-state index in [2.05, 4.69) is 66.9 Å². The summed E-state index contributed by atoms with van der Waals surface area (Å²) in [5, 5.41) is 8.86. The van der Waals surface area contributed by atoms with Crippen LogP contribution < -0.4 is 5.32 Å². The van der Waals surface area contributed by atoms with Crippen LogP contribution in [0.4, 0.5) is 4.79 Å². The van der Waals surface area contributed by atoms with Crippen molar-refractivity contribution in [3.05, 3.63) is 70.8 Å². The molecule has 3 fully saturated rings. The summed E-state index contributed by atoms with van der Waals surface area (Å²) in [6.45, 7) is 18.8. The summed E-state index contributed by atoms with van der Waals surface area (Å²) < 4.78 is 14.6. The number of likely N-dealkylation sites (N-methyl/N-ethyl adjacent to an activating group) is 2. The number of carbonyl (C=O) groups excluding carboxylic acids is 5. The first-order valence-corrected chi connectivity index (χ1v) is 31.5. The number of rotatable bonds is 12. The topological polar surface area (TPSA) is 163 Å². The Balaban J connectivity index is 1.10. The van der Waals surface area contributed by atoms with Crippen molar-refractivity contribution >= 4 is 89.0 Å². The summed E-state index contributed by atoms with van der Waals surface area (Å²) in [5.74, 6) is -0.805. The second-order valence-electron chi connectivity index (χ2n) is 21.2. The summed E-state index contributed by atoms with van der Waals surface area (Å²) in [5.41, 5.74) is 6.32. The normalized spacial score (nSPS) is 22.4. The van der Waals surface area contributed by atoms with E-state index in [0.717, 1.165) is 68.9 Å². The molecule has 6 bridgehead atoms. The minimum absolute atomic E-state index is 0.105. The van der Waals surface area contributed by atoms with Crippen molar-refractivity contribution in [3.63, 3.8) is 0 Å². The molecule has 7 heterocycles. The molecule has 1 unspecified atom stereocenters. The van der Waals surface area contributed by atoms with E-state index in [9.17, 15) is 19.2 Å². The average molecular weight is 1210 g/mol. The number of thiazole rings is 1. The van der Waals surface area contributed by atoms with Gasteiger partial charge in [0.2, 0.25) is 5.91 Å². The molecule has 0 saturated carbocycles. The van der Waals surface area contributed by atoms with Crippen molar-refractivity contribution in [1.82, 2.24) is 44.0 Å². The Kier molecular flexibility index (Phi) is 16.6. The number of thiol groups is 1. The number of fused-ring (bicyclic) bond motifs is 6. The van der Waals surface area contributed by atoms with E-state index in [1.807, 2.05) is 31.7 Å². The van der Waals surface area contributed by atoms with Gasteiger partial charge in [0.05, 0.1) is 6.10 Å². The Morgan fingerprint density at radius 2 is 1.85 bits per heavy atom. The summed E-state index contributed by atoms with van der Waals surface area (Å²) in [4.78, 5) is 85.2. The van der Waals surface area contributed by atoms with Crippen LogP contribution in [0.1, 0.15) is 96.0 Å². The molecule has 4 aromatic rings. The van der Waals surface area contributed by atoms with Gasteiger partial charge in [-0.2, -0.15) is 0 Å². The fraction of sp³-hybridized carbons (Fsp3) is 0.566. The number of amides is 5. The standard InChI is InChI=1S/C53H71N9O7S2.Tl/c1-11-45(63)57(8)24-19-35-20-25-59(26-21-35)52(67)58(9)47(33(3)4)49(64)55-30-37-28-44-56-41(31-71-44)36-17-18-42-39(27-36)40(48(60(42)12-2)38-15-13-22-54-46(38)34(5)68-10)29-53(6,7)32-69-51(66)43-16-14-23-61(50(37)65)62(43)70;/h11,13,15,17-18,22,27,30-31,33-35,43,47,70H,1,12,14,16,19-21,23-26,28-29,32H2,2-10H3,(H,55,64);/t34-,43-,47-;/m0./s1. The first-order chi connectivity index (χ1) is 34.3. The van der Waals surface area contributed by atoms with E-state index in [1.54, 1.807) is 42.2 Å². The van der Waals surface area contributed by atoms with E-state index in [1.165, 1.54) is 21.8 Å². The van der Waals surface area contributed by atoms with Gasteiger partial charge >= 0.3 is 371 Å². The molecule has 8 rings (SSSR count). The molecule has 16 nitrogen and oxygen atoms in total. The van der Waals surface area contributed by atoms with Crippen LogP contribution in [0.2, 0.25) is 2.97 Å². The summed E-state index contributed by atoms with van der Waals surface area (Å²) >= 11 is 4.22. The number of aromatic nitrogens is 3. The van der Waals surface area contributed by atoms with E-state index < -0.39 is 50.7 Å². The number of benzene rings is 1. The number of pyridine rings is 1. The molecule has 1 aromatic carbocycles. The van der Waals surface area contributed by atoms with E-state index in [4.69, 9.17) is 32.3 Å². The Morgan fingerprint density at radius 3 is 2.54 bits per heavy atom. The second-order valence-corrected chi connectivity index (χ2v) is 30.5. The molecule has 72 heavy (non-hydrogen) atoms. The molecule has 385 valence electrons. The van der Waals surface area contributed by atoms with Crippen LogP contribution >= 0.6 is 24.2 Å². The van der Waals surface area contributed by atoms with Crippen LogP contribution in [0.3, 0.4) is 0 Å². The molecule has 1 N–H and O–H groups in total. The second kappa shape index (κ2) is 22.2. The molecule has 5 atom stereocenters. The Morgan fingerprint density at radius 1 is 1.10 bits per heavy atom. The van der Waals surface area contributed by atoms with Gasteiger partial charge in [0.1, 0.15) is 0 Å². The van der Waals surface area contributed by atoms with Gasteiger partial charge in [0, 0.05) is 20.4 Å². The number of esters is 1. The quantitative estimate of drug-likeness (QED) is 0.0633. The molecule has 4 aliphatic rings. The number of hydrogen-bond donors (Lipinski definition) is 2. The van der Waals surface area contributed by atoms with Gasteiger partial charge in [0.15, 0.2) is 0 Å². The van der Waals surface area contributed by atoms with Gasteiger partial charge in [-0.1, -0.05) is 6.58 Å². The number of likely N-dealkylation sites (tertiary alicyclic amines) is 1. The van der Waals surface area contributed by atoms with Crippen molar-refractivity contribution in [1.29, 1.82) is 0 Å². The molecular formula is C53H71N9O7S2Tl. The predicted octanol–water partition coefficient (Wildman–Crippen LogP) is 7.42. The average Bonchev–Trinajstić information content (AvgIpc) is 3.68. The molecule has 5 amide bonds. The van der Waals surface area contributed by atoms with Crippen LogP contribution in [-0.2, 0) is 48.0 Å². The maximum absolute atomic E-state index is 15.2. The van der Waals surface area contributed by atoms with Gasteiger partial charge in [-0.15, -0.1) is 0 Å². The number of hydrogen-bond acceptors (Lipinski definition) is 12. The minimum atomic E-state index is -2.17. The van der Waals surface area contributed by atoms with Gasteiger partial charge in [0.25, 0.3) is 0 Å². The zero-order valence-electron chi connectivity index (χ0n) is 43.4.